The van der Waals surface area contributed by atoms with Crippen molar-refractivity contribution in [1.29, 1.82) is 0 Å². The number of oxazole rings is 1. The molecule has 1 heterocycles. The molecule has 0 spiro atoms. The molecule has 4 nitrogen and oxygen atoms in total. The van der Waals surface area contributed by atoms with Crippen molar-refractivity contribution < 1.29 is 9.21 Å². The topological polar surface area (TPSA) is 55.1 Å². The molecule has 1 aromatic heterocycles. The monoisotopic (exact) mass is 216 g/mol. The highest BCUT2D eigenvalue weighted by molar-refractivity contribution is 5.90. The SMILES string of the molecule is Cc1coc(NC(=O)Cc2ccccc2)n1. The smallest absolute Gasteiger partial charge is 0.301 e. The van der Waals surface area contributed by atoms with E-state index in [1.165, 1.54) is 6.26 Å². The fourth-order valence-electron chi connectivity index (χ4n) is 1.36. The lowest BCUT2D eigenvalue weighted by Gasteiger charge is -2.00. The molecule has 0 fully saturated rings. The van der Waals surface area contributed by atoms with Crippen LogP contribution in [0, 0.1) is 6.92 Å². The van der Waals surface area contributed by atoms with Crippen molar-refractivity contribution in [2.24, 2.45) is 0 Å². The van der Waals surface area contributed by atoms with Crippen LogP contribution in [0.15, 0.2) is 41.0 Å². The highest BCUT2D eigenvalue weighted by Crippen LogP contribution is 2.07. The van der Waals surface area contributed by atoms with Crippen molar-refractivity contribution in [3.8, 4) is 0 Å². The average Bonchev–Trinajstić information content (AvgIpc) is 2.65. The molecule has 1 aromatic carbocycles. The summed E-state index contributed by atoms with van der Waals surface area (Å²) in [6, 6.07) is 9.77. The summed E-state index contributed by atoms with van der Waals surface area (Å²) in [7, 11) is 0. The lowest BCUT2D eigenvalue weighted by Crippen LogP contribution is -2.14. The van der Waals surface area contributed by atoms with Crippen LogP contribution in [0.4, 0.5) is 6.01 Å². The van der Waals surface area contributed by atoms with E-state index in [1.54, 1.807) is 6.92 Å². The molecule has 0 aliphatic rings. The van der Waals surface area contributed by atoms with Gasteiger partial charge in [0, 0.05) is 0 Å². The molecule has 16 heavy (non-hydrogen) atoms. The average molecular weight is 216 g/mol. The van der Waals surface area contributed by atoms with Crippen LogP contribution in [0.5, 0.6) is 0 Å². The van der Waals surface area contributed by atoms with Gasteiger partial charge >= 0.3 is 6.01 Å². The summed E-state index contributed by atoms with van der Waals surface area (Å²) in [6.07, 6.45) is 1.82. The van der Waals surface area contributed by atoms with Crippen molar-refractivity contribution in [2.45, 2.75) is 13.3 Å². The van der Waals surface area contributed by atoms with E-state index in [4.69, 9.17) is 4.42 Å². The van der Waals surface area contributed by atoms with Gasteiger partial charge in [-0.1, -0.05) is 30.3 Å². The summed E-state index contributed by atoms with van der Waals surface area (Å²) in [4.78, 5) is 15.6. The van der Waals surface area contributed by atoms with E-state index in [0.717, 1.165) is 11.3 Å². The summed E-state index contributed by atoms with van der Waals surface area (Å²) in [5.41, 5.74) is 1.71. The summed E-state index contributed by atoms with van der Waals surface area (Å²) in [5.74, 6) is -0.131. The van der Waals surface area contributed by atoms with E-state index in [1.807, 2.05) is 30.3 Å². The highest BCUT2D eigenvalue weighted by atomic mass is 16.4. The second kappa shape index (κ2) is 4.61. The van der Waals surface area contributed by atoms with Crippen LogP contribution in [0.25, 0.3) is 0 Å². The van der Waals surface area contributed by atoms with Crippen LogP contribution in [-0.2, 0) is 11.2 Å². The normalized spacial score (nSPS) is 10.1. The Labute approximate surface area is 93.3 Å². The van der Waals surface area contributed by atoms with Gasteiger partial charge < -0.3 is 4.42 Å². The molecule has 0 unspecified atom stereocenters. The number of hydrogen-bond acceptors (Lipinski definition) is 3. The number of aryl methyl sites for hydroxylation is 1. The maximum Gasteiger partial charge on any atom is 0.301 e. The minimum Gasteiger partial charge on any atom is -0.432 e. The third kappa shape index (κ3) is 2.70. The van der Waals surface area contributed by atoms with Crippen LogP contribution >= 0.6 is 0 Å². The zero-order valence-electron chi connectivity index (χ0n) is 8.93. The molecule has 0 saturated heterocycles. The maximum absolute atomic E-state index is 11.6. The zero-order chi connectivity index (χ0) is 11.4. The third-order valence-electron chi connectivity index (χ3n) is 2.07. The molecule has 4 heteroatoms. The first kappa shape index (κ1) is 10.4. The number of hydrogen-bond donors (Lipinski definition) is 1. The molecule has 82 valence electrons. The minimum atomic E-state index is -0.131. The first-order valence-corrected chi connectivity index (χ1v) is 5.00. The Morgan fingerprint density at radius 2 is 2.12 bits per heavy atom. The molecule has 2 rings (SSSR count). The molecule has 0 atom stereocenters. The van der Waals surface area contributed by atoms with Gasteiger partial charge in [-0.15, -0.1) is 0 Å². The second-order valence-electron chi connectivity index (χ2n) is 3.50. The van der Waals surface area contributed by atoms with Gasteiger partial charge in [-0.05, 0) is 12.5 Å². The Balaban J connectivity index is 1.95. The molecule has 2 aromatic rings. The van der Waals surface area contributed by atoms with Crippen molar-refractivity contribution in [3.63, 3.8) is 0 Å². The summed E-state index contributed by atoms with van der Waals surface area (Å²) in [6.45, 7) is 1.80. The highest BCUT2D eigenvalue weighted by Gasteiger charge is 2.07. The molecule has 1 amide bonds. The largest absolute Gasteiger partial charge is 0.432 e. The maximum atomic E-state index is 11.6. The molecule has 0 radical (unpaired) electrons. The van der Waals surface area contributed by atoms with Crippen molar-refractivity contribution in [1.82, 2.24) is 4.98 Å². The lowest BCUT2D eigenvalue weighted by molar-refractivity contribution is -0.115. The van der Waals surface area contributed by atoms with Crippen LogP contribution in [-0.4, -0.2) is 10.9 Å². The van der Waals surface area contributed by atoms with Crippen molar-refractivity contribution >= 4 is 11.9 Å². The predicted molar refractivity (Wildman–Crippen MR) is 60.0 cm³/mol. The Hall–Kier alpha value is -2.10. The number of amides is 1. The van der Waals surface area contributed by atoms with E-state index in [2.05, 4.69) is 10.3 Å². The standard InChI is InChI=1S/C12H12N2O2/c1-9-8-16-12(13-9)14-11(15)7-10-5-3-2-4-6-10/h2-6,8H,7H2,1H3,(H,13,14,15). The number of rotatable bonds is 3. The van der Waals surface area contributed by atoms with Crippen LogP contribution < -0.4 is 5.32 Å². The van der Waals surface area contributed by atoms with Crippen LogP contribution in [0.2, 0.25) is 0 Å². The lowest BCUT2D eigenvalue weighted by atomic mass is 10.1. The van der Waals surface area contributed by atoms with Gasteiger partial charge in [-0.25, -0.2) is 0 Å². The van der Waals surface area contributed by atoms with Crippen molar-refractivity contribution in [2.75, 3.05) is 5.32 Å². The predicted octanol–water partition coefficient (Wildman–Crippen LogP) is 2.16. The van der Waals surface area contributed by atoms with E-state index in [9.17, 15) is 4.79 Å². The van der Waals surface area contributed by atoms with Gasteiger partial charge in [0.15, 0.2) is 0 Å². The molecule has 0 aliphatic heterocycles. The van der Waals surface area contributed by atoms with Gasteiger partial charge in [-0.2, -0.15) is 4.98 Å². The van der Waals surface area contributed by atoms with E-state index < -0.39 is 0 Å². The Morgan fingerprint density at radius 1 is 1.38 bits per heavy atom. The van der Waals surface area contributed by atoms with Crippen molar-refractivity contribution in [3.05, 3.63) is 47.9 Å². The molecular formula is C12H12N2O2. The third-order valence-corrected chi connectivity index (χ3v) is 2.07. The number of carbonyl (C=O) groups is 1. The van der Waals surface area contributed by atoms with Gasteiger partial charge in [0.2, 0.25) is 5.91 Å². The van der Waals surface area contributed by atoms with E-state index in [0.29, 0.717) is 6.42 Å². The summed E-state index contributed by atoms with van der Waals surface area (Å²) < 4.78 is 5.03. The van der Waals surface area contributed by atoms with Gasteiger partial charge in [-0.3, -0.25) is 10.1 Å². The number of nitrogens with zero attached hydrogens (tertiary/aromatic N) is 1. The Bertz CT molecular complexity index is 477. The van der Waals surface area contributed by atoms with Crippen LogP contribution in [0.3, 0.4) is 0 Å². The fourth-order valence-corrected chi connectivity index (χ4v) is 1.36. The number of anilines is 1. The minimum absolute atomic E-state index is 0.131. The van der Waals surface area contributed by atoms with E-state index in [-0.39, 0.29) is 11.9 Å². The summed E-state index contributed by atoms with van der Waals surface area (Å²) in [5, 5.41) is 2.59. The first-order chi connectivity index (χ1) is 7.74. The molecular weight excluding hydrogens is 204 g/mol. The molecule has 0 bridgehead atoms. The van der Waals surface area contributed by atoms with E-state index >= 15 is 0 Å². The fraction of sp³-hybridized carbons (Fsp3) is 0.167. The molecule has 0 saturated carbocycles. The zero-order valence-corrected chi connectivity index (χ0v) is 8.93. The Morgan fingerprint density at radius 3 is 2.75 bits per heavy atom. The number of nitrogens with one attached hydrogen (secondary N) is 1. The van der Waals surface area contributed by atoms with Gasteiger partial charge in [0.05, 0.1) is 12.1 Å². The molecule has 0 aliphatic carbocycles. The van der Waals surface area contributed by atoms with Gasteiger partial charge in [0.1, 0.15) is 6.26 Å². The Kier molecular flexibility index (Phi) is 3.00. The van der Waals surface area contributed by atoms with Crippen LogP contribution in [0.1, 0.15) is 11.3 Å². The number of aromatic nitrogens is 1. The second-order valence-corrected chi connectivity index (χ2v) is 3.50. The summed E-state index contributed by atoms with van der Waals surface area (Å²) >= 11 is 0. The molecule has 1 N–H and O–H groups in total. The number of benzene rings is 1. The first-order valence-electron chi connectivity index (χ1n) is 5.00. The number of carbonyl (C=O) groups excluding carboxylic acids is 1. The van der Waals surface area contributed by atoms with Gasteiger partial charge in [0.25, 0.3) is 0 Å². The quantitative estimate of drug-likeness (QED) is 0.855.